The van der Waals surface area contributed by atoms with Crippen LogP contribution in [0.25, 0.3) is 0 Å². The van der Waals surface area contributed by atoms with Gasteiger partial charge in [-0.15, -0.1) is 0 Å². The van der Waals surface area contributed by atoms with E-state index in [1.807, 2.05) is 0 Å². The summed E-state index contributed by atoms with van der Waals surface area (Å²) in [7, 11) is -4.08. The van der Waals surface area contributed by atoms with E-state index in [1.54, 1.807) is 0 Å². The minimum absolute atomic E-state index is 0.0116. The Kier molecular flexibility index (Phi) is 3.22. The van der Waals surface area contributed by atoms with E-state index in [-0.39, 0.29) is 10.8 Å². The average Bonchev–Trinajstić information content (AvgIpc) is 1.94. The number of rotatable bonds is 2. The molecule has 0 radical (unpaired) electrons. The van der Waals surface area contributed by atoms with Gasteiger partial charge in [-0.05, 0) is 12.1 Å². The van der Waals surface area contributed by atoms with Crippen LogP contribution in [0.15, 0.2) is 18.2 Å². The van der Waals surface area contributed by atoms with Crippen molar-refractivity contribution in [2.24, 2.45) is 5.50 Å². The molecule has 1 rings (SSSR count). The van der Waals surface area contributed by atoms with Crippen molar-refractivity contribution < 1.29 is 14.0 Å². The Hall–Kier alpha value is -0.250. The van der Waals surface area contributed by atoms with Gasteiger partial charge in [-0.25, -0.2) is 10.1 Å². The Morgan fingerprint density at radius 2 is 2.08 bits per heavy atom. The van der Waals surface area contributed by atoms with Gasteiger partial charge in [0.15, 0.2) is 5.75 Å². The van der Waals surface area contributed by atoms with Crippen LogP contribution in [0.5, 0.6) is 5.75 Å². The fourth-order valence-corrected chi connectivity index (χ4v) is 1.49. The second-order valence-electron chi connectivity index (χ2n) is 2.23. The summed E-state index contributed by atoms with van der Waals surface area (Å²) in [4.78, 5) is 8.70. The highest BCUT2D eigenvalue weighted by Crippen LogP contribution is 2.38. The molecule has 1 aromatic carbocycles. The number of halogens is 2. The second kappa shape index (κ2) is 3.86. The predicted octanol–water partition coefficient (Wildman–Crippen LogP) is 2.43. The molecule has 0 bridgehead atoms. The van der Waals surface area contributed by atoms with E-state index >= 15 is 0 Å². The van der Waals surface area contributed by atoms with Gasteiger partial charge in [0.05, 0.1) is 5.02 Å². The average molecular weight is 242 g/mol. The molecule has 0 saturated heterocycles. The van der Waals surface area contributed by atoms with Gasteiger partial charge in [0.2, 0.25) is 0 Å². The van der Waals surface area contributed by atoms with Crippen LogP contribution >= 0.6 is 30.9 Å². The van der Waals surface area contributed by atoms with Crippen molar-refractivity contribution in [2.75, 3.05) is 0 Å². The lowest BCUT2D eigenvalue weighted by Gasteiger charge is -2.09. The molecule has 7 heteroatoms. The molecule has 0 heterocycles. The van der Waals surface area contributed by atoms with E-state index < -0.39 is 7.75 Å². The van der Waals surface area contributed by atoms with Gasteiger partial charge >= 0.3 is 7.75 Å². The zero-order chi connectivity index (χ0) is 10.1. The molecule has 1 aromatic rings. The van der Waals surface area contributed by atoms with Crippen molar-refractivity contribution in [3.63, 3.8) is 0 Å². The number of nitrogens with two attached hydrogens (primary N) is 1. The molecular formula is C6H6Cl2NO3P. The molecule has 13 heavy (non-hydrogen) atoms. The largest absolute Gasteiger partial charge is 0.453 e. The number of hydrogen-bond acceptors (Lipinski definition) is 2. The quantitative estimate of drug-likeness (QED) is 0.781. The van der Waals surface area contributed by atoms with Gasteiger partial charge in [0.1, 0.15) is 0 Å². The van der Waals surface area contributed by atoms with E-state index in [2.05, 4.69) is 4.52 Å². The first-order valence-electron chi connectivity index (χ1n) is 3.14. The third-order valence-electron chi connectivity index (χ3n) is 1.12. The molecule has 0 aliphatic rings. The van der Waals surface area contributed by atoms with Gasteiger partial charge in [0.25, 0.3) is 0 Å². The third-order valence-corrected chi connectivity index (χ3v) is 2.13. The fraction of sp³-hybridized carbons (Fsp3) is 0. The summed E-state index contributed by atoms with van der Waals surface area (Å²) in [6, 6.07) is 4.27. The van der Waals surface area contributed by atoms with Crippen LogP contribution in [0.3, 0.4) is 0 Å². The first kappa shape index (κ1) is 10.8. The van der Waals surface area contributed by atoms with E-state index in [0.29, 0.717) is 5.02 Å². The number of benzene rings is 1. The Morgan fingerprint density at radius 1 is 1.46 bits per heavy atom. The van der Waals surface area contributed by atoms with Gasteiger partial charge in [-0.1, -0.05) is 23.2 Å². The Balaban J connectivity index is 3.01. The minimum atomic E-state index is -4.08. The standard InChI is InChI=1S/C6H6Cl2NO3P/c7-4-1-2-5(8)6(3-4)12-13(9,10)11/h1-3H,(H3,9,10,11). The molecule has 1 atom stereocenters. The fourth-order valence-electron chi connectivity index (χ4n) is 0.688. The molecule has 0 aliphatic carbocycles. The molecule has 0 aliphatic heterocycles. The molecule has 72 valence electrons. The van der Waals surface area contributed by atoms with Crippen LogP contribution in [0.2, 0.25) is 10.0 Å². The third kappa shape index (κ3) is 3.55. The summed E-state index contributed by atoms with van der Waals surface area (Å²) < 4.78 is 15.1. The van der Waals surface area contributed by atoms with E-state index in [1.165, 1.54) is 18.2 Å². The second-order valence-corrected chi connectivity index (χ2v) is 4.38. The highest BCUT2D eigenvalue weighted by atomic mass is 35.5. The zero-order valence-corrected chi connectivity index (χ0v) is 8.68. The van der Waals surface area contributed by atoms with Gasteiger partial charge in [-0.3, -0.25) is 0 Å². The molecule has 0 aromatic heterocycles. The number of hydrogen-bond donors (Lipinski definition) is 2. The van der Waals surface area contributed by atoms with E-state index in [0.717, 1.165) is 0 Å². The zero-order valence-electron chi connectivity index (χ0n) is 6.28. The van der Waals surface area contributed by atoms with Gasteiger partial charge in [0, 0.05) is 11.1 Å². The first-order valence-corrected chi connectivity index (χ1v) is 5.55. The molecule has 3 N–H and O–H groups in total. The van der Waals surface area contributed by atoms with Crippen molar-refractivity contribution in [2.45, 2.75) is 0 Å². The van der Waals surface area contributed by atoms with Crippen LogP contribution in [0.4, 0.5) is 0 Å². The summed E-state index contributed by atoms with van der Waals surface area (Å²) in [6.07, 6.45) is 0. The SMILES string of the molecule is NP(=O)(O)Oc1cc(Cl)ccc1Cl. The van der Waals surface area contributed by atoms with Gasteiger partial charge < -0.3 is 9.42 Å². The van der Waals surface area contributed by atoms with Crippen molar-refractivity contribution in [3.05, 3.63) is 28.2 Å². The van der Waals surface area contributed by atoms with Crippen LogP contribution in [-0.2, 0) is 4.57 Å². The Bertz CT molecular complexity index is 365. The van der Waals surface area contributed by atoms with Crippen LogP contribution < -0.4 is 10.0 Å². The van der Waals surface area contributed by atoms with E-state index in [9.17, 15) is 4.57 Å². The minimum Gasteiger partial charge on any atom is -0.412 e. The summed E-state index contributed by atoms with van der Waals surface area (Å²) in [5, 5.41) is 0.511. The topological polar surface area (TPSA) is 72.6 Å². The van der Waals surface area contributed by atoms with Crippen molar-refractivity contribution in [3.8, 4) is 5.75 Å². The summed E-state index contributed by atoms with van der Waals surface area (Å²) in [5.41, 5.74) is 4.77. The van der Waals surface area contributed by atoms with Crippen LogP contribution in [-0.4, -0.2) is 4.89 Å². The molecule has 0 spiro atoms. The maximum atomic E-state index is 10.7. The summed E-state index contributed by atoms with van der Waals surface area (Å²) in [6.45, 7) is 0. The Morgan fingerprint density at radius 3 is 2.62 bits per heavy atom. The highest BCUT2D eigenvalue weighted by molar-refractivity contribution is 7.50. The molecule has 4 nitrogen and oxygen atoms in total. The predicted molar refractivity (Wildman–Crippen MR) is 51.1 cm³/mol. The van der Waals surface area contributed by atoms with Crippen molar-refractivity contribution >= 4 is 30.9 Å². The molecular weight excluding hydrogens is 236 g/mol. The monoisotopic (exact) mass is 241 g/mol. The summed E-state index contributed by atoms with van der Waals surface area (Å²) >= 11 is 11.2. The smallest absolute Gasteiger partial charge is 0.412 e. The van der Waals surface area contributed by atoms with Crippen molar-refractivity contribution in [1.82, 2.24) is 0 Å². The van der Waals surface area contributed by atoms with Gasteiger partial charge in [-0.2, -0.15) is 0 Å². The molecule has 1 unspecified atom stereocenters. The maximum Gasteiger partial charge on any atom is 0.453 e. The summed E-state index contributed by atoms with van der Waals surface area (Å²) in [5.74, 6) is -0.0116. The first-order chi connectivity index (χ1) is 5.88. The molecule has 0 amide bonds. The Labute approximate surface area is 84.8 Å². The molecule has 0 fully saturated rings. The maximum absolute atomic E-state index is 10.7. The van der Waals surface area contributed by atoms with Crippen LogP contribution in [0.1, 0.15) is 0 Å². The lowest BCUT2D eigenvalue weighted by molar-refractivity contribution is 0.381. The van der Waals surface area contributed by atoms with Crippen molar-refractivity contribution in [1.29, 1.82) is 0 Å². The van der Waals surface area contributed by atoms with E-state index in [4.69, 9.17) is 33.6 Å². The molecule has 0 saturated carbocycles. The lowest BCUT2D eigenvalue weighted by Crippen LogP contribution is -2.00. The lowest BCUT2D eigenvalue weighted by atomic mass is 10.3. The van der Waals surface area contributed by atoms with Crippen LogP contribution in [0, 0.1) is 0 Å². The highest BCUT2D eigenvalue weighted by Gasteiger charge is 2.15. The normalized spacial score (nSPS) is 15.1.